The minimum atomic E-state index is -3.68. The predicted octanol–water partition coefficient (Wildman–Crippen LogP) is 4.08. The first-order chi connectivity index (χ1) is 11.4. The highest BCUT2D eigenvalue weighted by molar-refractivity contribution is 7.92. The molecule has 24 heavy (non-hydrogen) atoms. The Bertz CT molecular complexity index is 811. The highest BCUT2D eigenvalue weighted by atomic mass is 32.2. The molecule has 0 saturated heterocycles. The molecule has 5 heteroatoms. The summed E-state index contributed by atoms with van der Waals surface area (Å²) in [6, 6.07) is 12.2. The van der Waals surface area contributed by atoms with Gasteiger partial charge in [-0.15, -0.1) is 6.58 Å². The van der Waals surface area contributed by atoms with Gasteiger partial charge in [0, 0.05) is 0 Å². The van der Waals surface area contributed by atoms with Crippen molar-refractivity contribution < 1.29 is 13.2 Å². The summed E-state index contributed by atoms with van der Waals surface area (Å²) in [6.07, 6.45) is 1.59. The second-order valence-corrected chi connectivity index (χ2v) is 7.38. The third kappa shape index (κ3) is 3.79. The van der Waals surface area contributed by atoms with Crippen LogP contribution in [-0.2, 0) is 10.0 Å². The maximum absolute atomic E-state index is 13.1. The van der Waals surface area contributed by atoms with Gasteiger partial charge in [-0.2, -0.15) is 0 Å². The number of sulfonamides is 1. The van der Waals surface area contributed by atoms with Gasteiger partial charge in [0.2, 0.25) is 0 Å². The number of aryl methyl sites for hydroxylation is 2. The Morgan fingerprint density at radius 1 is 1.12 bits per heavy atom. The Morgan fingerprint density at radius 3 is 2.33 bits per heavy atom. The summed E-state index contributed by atoms with van der Waals surface area (Å²) in [5.41, 5.74) is 2.66. The molecule has 0 spiro atoms. The second kappa shape index (κ2) is 7.53. The van der Waals surface area contributed by atoms with Crippen LogP contribution in [0.4, 0.5) is 5.69 Å². The molecule has 0 aliphatic rings. The molecule has 0 aliphatic carbocycles. The lowest BCUT2D eigenvalue weighted by molar-refractivity contribution is 0.340. The van der Waals surface area contributed by atoms with Gasteiger partial charge in [0.1, 0.15) is 5.75 Å². The van der Waals surface area contributed by atoms with Gasteiger partial charge in [0.15, 0.2) is 0 Å². The van der Waals surface area contributed by atoms with Gasteiger partial charge in [-0.1, -0.05) is 23.8 Å². The molecule has 0 N–H and O–H groups in total. The zero-order valence-electron chi connectivity index (χ0n) is 14.3. The molecule has 4 nitrogen and oxygen atoms in total. The molecule has 0 saturated carbocycles. The van der Waals surface area contributed by atoms with Gasteiger partial charge < -0.3 is 4.74 Å². The van der Waals surface area contributed by atoms with E-state index in [1.165, 1.54) is 4.31 Å². The number of ether oxygens (including phenoxy) is 1. The monoisotopic (exact) mass is 345 g/mol. The van der Waals surface area contributed by atoms with Crippen LogP contribution in [0.1, 0.15) is 18.1 Å². The van der Waals surface area contributed by atoms with Crippen molar-refractivity contribution in [2.75, 3.05) is 17.5 Å². The molecule has 0 heterocycles. The van der Waals surface area contributed by atoms with E-state index in [-0.39, 0.29) is 11.4 Å². The van der Waals surface area contributed by atoms with Crippen molar-refractivity contribution in [2.24, 2.45) is 0 Å². The van der Waals surface area contributed by atoms with E-state index in [0.717, 1.165) is 11.1 Å². The number of hydrogen-bond donors (Lipinski definition) is 0. The lowest BCUT2D eigenvalue weighted by Crippen LogP contribution is -2.31. The van der Waals surface area contributed by atoms with Crippen LogP contribution in [0.3, 0.4) is 0 Å². The number of hydrogen-bond acceptors (Lipinski definition) is 3. The van der Waals surface area contributed by atoms with Crippen LogP contribution in [0.2, 0.25) is 0 Å². The molecule has 2 rings (SSSR count). The van der Waals surface area contributed by atoms with Crippen LogP contribution in [0.15, 0.2) is 60.0 Å². The van der Waals surface area contributed by atoms with Crippen LogP contribution < -0.4 is 9.04 Å². The lowest BCUT2D eigenvalue weighted by atomic mass is 10.1. The maximum atomic E-state index is 13.1. The zero-order valence-corrected chi connectivity index (χ0v) is 15.1. The summed E-state index contributed by atoms with van der Waals surface area (Å²) in [6.45, 7) is 10.2. The molecule has 0 aliphatic heterocycles. The highest BCUT2D eigenvalue weighted by Crippen LogP contribution is 2.28. The normalized spacial score (nSPS) is 11.1. The van der Waals surface area contributed by atoms with E-state index >= 15 is 0 Å². The molecular weight excluding hydrogens is 322 g/mol. The largest absolute Gasteiger partial charge is 0.494 e. The van der Waals surface area contributed by atoms with Crippen LogP contribution in [0.5, 0.6) is 5.75 Å². The molecule has 0 amide bonds. The third-order valence-corrected chi connectivity index (χ3v) is 5.43. The fourth-order valence-corrected chi connectivity index (χ4v) is 4.03. The lowest BCUT2D eigenvalue weighted by Gasteiger charge is -2.25. The van der Waals surface area contributed by atoms with Crippen molar-refractivity contribution in [3.8, 4) is 5.75 Å². The Hall–Kier alpha value is -2.27. The third-order valence-electron chi connectivity index (χ3n) is 3.64. The minimum absolute atomic E-state index is 0.208. The first kappa shape index (κ1) is 18.1. The van der Waals surface area contributed by atoms with Crippen LogP contribution in [-0.4, -0.2) is 21.6 Å². The van der Waals surface area contributed by atoms with Gasteiger partial charge in [-0.25, -0.2) is 8.42 Å². The molecule has 2 aromatic rings. The van der Waals surface area contributed by atoms with E-state index in [1.54, 1.807) is 30.3 Å². The van der Waals surface area contributed by atoms with E-state index < -0.39 is 10.0 Å². The Morgan fingerprint density at radius 2 is 1.79 bits per heavy atom. The number of benzene rings is 2. The predicted molar refractivity (Wildman–Crippen MR) is 98.3 cm³/mol. The van der Waals surface area contributed by atoms with Crippen molar-refractivity contribution in [3.63, 3.8) is 0 Å². The topological polar surface area (TPSA) is 46.6 Å². The summed E-state index contributed by atoms with van der Waals surface area (Å²) in [5.74, 6) is 0.651. The molecule has 0 unspecified atom stereocenters. The molecular formula is C19H23NO3S. The molecule has 0 atom stereocenters. The highest BCUT2D eigenvalue weighted by Gasteiger charge is 2.25. The Balaban J connectivity index is 2.46. The van der Waals surface area contributed by atoms with Crippen LogP contribution >= 0.6 is 0 Å². The van der Waals surface area contributed by atoms with E-state index in [1.807, 2.05) is 39.0 Å². The van der Waals surface area contributed by atoms with Crippen molar-refractivity contribution >= 4 is 15.7 Å². The van der Waals surface area contributed by atoms with Gasteiger partial charge >= 0.3 is 0 Å². The van der Waals surface area contributed by atoms with Crippen LogP contribution in [0, 0.1) is 13.8 Å². The van der Waals surface area contributed by atoms with E-state index in [4.69, 9.17) is 4.74 Å². The Labute approximate surface area is 144 Å². The second-order valence-electron chi connectivity index (χ2n) is 5.52. The molecule has 128 valence electrons. The standard InChI is InChI=1S/C19H23NO3S/c1-5-13-20(19-12-7-15(3)14-16(19)4)24(21,22)18-10-8-17(9-11-18)23-6-2/h5,7-12,14H,1,6,13H2,2-4H3. The molecule has 0 aromatic heterocycles. The summed E-state index contributed by atoms with van der Waals surface area (Å²) >= 11 is 0. The van der Waals surface area contributed by atoms with Gasteiger partial charge in [-0.3, -0.25) is 4.31 Å². The molecule has 0 bridgehead atoms. The van der Waals surface area contributed by atoms with Crippen molar-refractivity contribution in [3.05, 3.63) is 66.2 Å². The quantitative estimate of drug-likeness (QED) is 0.710. The van der Waals surface area contributed by atoms with Gasteiger partial charge in [-0.05, 0) is 56.7 Å². The van der Waals surface area contributed by atoms with E-state index in [2.05, 4.69) is 6.58 Å². The van der Waals surface area contributed by atoms with Gasteiger partial charge in [0.05, 0.1) is 23.7 Å². The number of nitrogens with zero attached hydrogens (tertiary/aromatic N) is 1. The average molecular weight is 345 g/mol. The first-order valence-corrected chi connectivity index (χ1v) is 9.28. The Kier molecular flexibility index (Phi) is 5.67. The van der Waals surface area contributed by atoms with E-state index in [0.29, 0.717) is 18.0 Å². The summed E-state index contributed by atoms with van der Waals surface area (Å²) in [5, 5.41) is 0. The molecule has 0 fully saturated rings. The fraction of sp³-hybridized carbons (Fsp3) is 0.263. The zero-order chi connectivity index (χ0) is 17.7. The number of anilines is 1. The van der Waals surface area contributed by atoms with Crippen LogP contribution in [0.25, 0.3) is 0 Å². The SMILES string of the molecule is C=CCN(c1ccc(C)cc1C)S(=O)(=O)c1ccc(OCC)cc1. The minimum Gasteiger partial charge on any atom is -0.494 e. The summed E-state index contributed by atoms with van der Waals surface area (Å²) in [4.78, 5) is 0.229. The fourth-order valence-electron chi connectivity index (χ4n) is 2.53. The van der Waals surface area contributed by atoms with Crippen molar-refractivity contribution in [1.82, 2.24) is 0 Å². The van der Waals surface area contributed by atoms with Crippen molar-refractivity contribution in [2.45, 2.75) is 25.7 Å². The summed E-state index contributed by atoms with van der Waals surface area (Å²) in [7, 11) is -3.68. The van der Waals surface area contributed by atoms with Gasteiger partial charge in [0.25, 0.3) is 10.0 Å². The molecule has 2 aromatic carbocycles. The maximum Gasteiger partial charge on any atom is 0.264 e. The summed E-state index contributed by atoms with van der Waals surface area (Å²) < 4.78 is 32.9. The number of rotatable bonds is 7. The first-order valence-electron chi connectivity index (χ1n) is 7.84. The smallest absolute Gasteiger partial charge is 0.264 e. The molecule has 0 radical (unpaired) electrons. The van der Waals surface area contributed by atoms with E-state index in [9.17, 15) is 8.42 Å². The van der Waals surface area contributed by atoms with Crippen molar-refractivity contribution in [1.29, 1.82) is 0 Å². The average Bonchev–Trinajstić information content (AvgIpc) is 2.54.